The van der Waals surface area contributed by atoms with E-state index in [0.717, 1.165) is 10.9 Å². The van der Waals surface area contributed by atoms with Crippen molar-refractivity contribution in [2.75, 3.05) is 12.4 Å². The summed E-state index contributed by atoms with van der Waals surface area (Å²) in [5.74, 6) is -0.0702. The van der Waals surface area contributed by atoms with Gasteiger partial charge < -0.3 is 25.1 Å². The van der Waals surface area contributed by atoms with Gasteiger partial charge in [-0.15, -0.1) is 7.05 Å². The Bertz CT molecular complexity index is 1010. The quantitative estimate of drug-likeness (QED) is 0.644. The average Bonchev–Trinajstić information content (AvgIpc) is 3.00. The molecule has 3 aromatic rings. The average molecular weight is 428 g/mol. The summed E-state index contributed by atoms with van der Waals surface area (Å²) in [5.41, 5.74) is 1.30. The van der Waals surface area contributed by atoms with E-state index in [4.69, 9.17) is 0 Å². The van der Waals surface area contributed by atoms with Crippen molar-refractivity contribution in [1.82, 2.24) is 9.55 Å². The van der Waals surface area contributed by atoms with Crippen LogP contribution < -0.4 is 5.32 Å². The maximum atomic E-state index is 13.9. The molecule has 2 heterocycles. The van der Waals surface area contributed by atoms with Gasteiger partial charge in [0.25, 0.3) is 0 Å². The van der Waals surface area contributed by atoms with Gasteiger partial charge in [-0.05, 0) is 50.6 Å². The first kappa shape index (κ1) is 21.9. The zero-order chi connectivity index (χ0) is 19.8. The molecule has 28 heavy (non-hydrogen) atoms. The van der Waals surface area contributed by atoms with E-state index in [9.17, 15) is 14.3 Å². The van der Waals surface area contributed by atoms with Crippen LogP contribution in [0.3, 0.4) is 0 Å². The Labute approximate surface area is 173 Å². The number of pyridine rings is 1. The summed E-state index contributed by atoms with van der Waals surface area (Å²) < 4.78 is 15.7. The third kappa shape index (κ3) is 4.35. The molecular weight excluding hydrogens is 406 g/mol. The largest absolute Gasteiger partial charge is 0.654 e. The van der Waals surface area contributed by atoms with Gasteiger partial charge in [0.05, 0.1) is 23.6 Å². The molecule has 0 aliphatic carbocycles. The number of nitrogens with one attached hydrogen (secondary N) is 1. The van der Waals surface area contributed by atoms with Crippen LogP contribution in [-0.2, 0) is 33.7 Å². The first-order valence-corrected chi connectivity index (χ1v) is 8.57. The van der Waals surface area contributed by atoms with E-state index in [1.165, 1.54) is 19.2 Å². The van der Waals surface area contributed by atoms with Crippen LogP contribution in [0, 0.1) is 12.7 Å². The van der Waals surface area contributed by atoms with Crippen LogP contribution >= 0.6 is 0 Å². The molecule has 0 bridgehead atoms. The van der Waals surface area contributed by atoms with Gasteiger partial charge in [-0.2, -0.15) is 0 Å². The minimum absolute atomic E-state index is 0. The molecule has 0 saturated carbocycles. The fourth-order valence-corrected chi connectivity index (χ4v) is 3.09. The van der Waals surface area contributed by atoms with Crippen molar-refractivity contribution in [2.45, 2.75) is 32.9 Å². The minimum atomic E-state index is -1.23. The molecule has 2 N–H and O–H groups in total. The van der Waals surface area contributed by atoms with E-state index < -0.39 is 11.4 Å². The number of nitrogens with zero attached hydrogens (tertiary/aromatic N) is 3. The Kier molecular flexibility index (Phi) is 6.48. The summed E-state index contributed by atoms with van der Waals surface area (Å²) >= 11 is 0. The molecule has 0 unspecified atom stereocenters. The number of aromatic nitrogens is 2. The Morgan fingerprint density at radius 1 is 1.36 bits per heavy atom. The molecule has 0 atom stereocenters. The van der Waals surface area contributed by atoms with Crippen LogP contribution in [-0.4, -0.2) is 27.6 Å². The van der Waals surface area contributed by atoms with Gasteiger partial charge in [-0.1, -0.05) is 0 Å². The van der Waals surface area contributed by atoms with Gasteiger partial charge in [0, 0.05) is 45.8 Å². The first-order valence-electron chi connectivity index (χ1n) is 8.57. The van der Waals surface area contributed by atoms with Crippen LogP contribution in [0.5, 0.6) is 0 Å². The number of fused-ring (bicyclic) bond motifs is 1. The van der Waals surface area contributed by atoms with Crippen molar-refractivity contribution in [3.63, 3.8) is 0 Å². The summed E-state index contributed by atoms with van der Waals surface area (Å²) in [6.07, 6.45) is 3.44. The molecule has 0 saturated heterocycles. The van der Waals surface area contributed by atoms with Crippen LogP contribution in [0.4, 0.5) is 15.9 Å². The monoisotopic (exact) mass is 428 g/mol. The minimum Gasteiger partial charge on any atom is -0.654 e. The predicted molar refractivity (Wildman–Crippen MR) is 104 cm³/mol. The van der Waals surface area contributed by atoms with Gasteiger partial charge in [0.2, 0.25) is 0 Å². The molecule has 6 nitrogen and oxygen atoms in total. The molecule has 2 aromatic heterocycles. The Morgan fingerprint density at radius 2 is 2.07 bits per heavy atom. The van der Waals surface area contributed by atoms with Gasteiger partial charge in [-0.3, -0.25) is 0 Å². The fraction of sp³-hybridized carbons (Fsp3) is 0.300. The topological polar surface area (TPSA) is 81.2 Å². The van der Waals surface area contributed by atoms with Gasteiger partial charge in [-0.25, -0.2) is 9.37 Å². The third-order valence-corrected chi connectivity index (χ3v) is 4.46. The molecule has 0 aliphatic rings. The number of hydrogen-bond acceptors (Lipinski definition) is 4. The number of carbonyl (C=O) groups is 1. The van der Waals surface area contributed by atoms with E-state index in [-0.39, 0.29) is 29.2 Å². The molecule has 0 aliphatic heterocycles. The zero-order valence-corrected chi connectivity index (χ0v) is 17.1. The number of amides is 1. The maximum absolute atomic E-state index is 13.9. The number of rotatable bonds is 5. The van der Waals surface area contributed by atoms with Gasteiger partial charge in [0.1, 0.15) is 11.6 Å². The first-order chi connectivity index (χ1) is 12.7. The number of hydrogen-bond donors (Lipinski definition) is 2. The molecule has 1 aromatic carbocycles. The standard InChI is InChI=1S/C20H23FN4O2.Co/c1-12-9-13(21)10-15(20(2,3)27)18(12)24-19-14-6-8-25(11-17(26)22-4)16(14)5-7-23-19;/h5-10,27H,11H2,1-4H3,(H2,22,23,24,26);/p-1. The fourth-order valence-electron chi connectivity index (χ4n) is 3.09. The van der Waals surface area contributed by atoms with E-state index >= 15 is 0 Å². The van der Waals surface area contributed by atoms with Crippen LogP contribution in [0.25, 0.3) is 16.2 Å². The second-order valence-corrected chi connectivity index (χ2v) is 6.98. The normalized spacial score (nSPS) is 11.2. The van der Waals surface area contributed by atoms with Crippen molar-refractivity contribution in [2.24, 2.45) is 0 Å². The smallest absolute Gasteiger partial charge is 0.139 e. The van der Waals surface area contributed by atoms with E-state index in [2.05, 4.69) is 15.6 Å². The second kappa shape index (κ2) is 8.30. The van der Waals surface area contributed by atoms with Crippen LogP contribution in [0.1, 0.15) is 25.0 Å². The number of benzene rings is 1. The number of anilines is 2. The Hall–Kier alpha value is -2.42. The SMILES string of the molecule is C[N-]C(=O)Cn1ccc2c(Nc3c(C)cc(F)cc3C(C)(C)O)nccc21.[Co]. The van der Waals surface area contributed by atoms with Crippen molar-refractivity contribution >= 4 is 28.3 Å². The summed E-state index contributed by atoms with van der Waals surface area (Å²) in [4.78, 5) is 16.0. The van der Waals surface area contributed by atoms with Gasteiger partial charge in [0.15, 0.2) is 0 Å². The zero-order valence-electron chi connectivity index (χ0n) is 16.1. The Morgan fingerprint density at radius 3 is 2.71 bits per heavy atom. The number of carbonyl (C=O) groups excluding carboxylic acids is 1. The number of aliphatic hydroxyl groups is 1. The molecular formula is C20H22CoFN4O2-. The summed E-state index contributed by atoms with van der Waals surface area (Å²) in [7, 11) is 1.47. The summed E-state index contributed by atoms with van der Waals surface area (Å²) in [6.45, 7) is 5.13. The second-order valence-electron chi connectivity index (χ2n) is 6.98. The molecule has 8 heteroatoms. The third-order valence-electron chi connectivity index (χ3n) is 4.46. The van der Waals surface area contributed by atoms with Gasteiger partial charge >= 0.3 is 0 Å². The maximum Gasteiger partial charge on any atom is 0.139 e. The van der Waals surface area contributed by atoms with Crippen molar-refractivity contribution in [3.8, 4) is 0 Å². The van der Waals surface area contributed by atoms with Crippen molar-refractivity contribution < 1.29 is 31.1 Å². The predicted octanol–water partition coefficient (Wildman–Crippen LogP) is 3.98. The van der Waals surface area contributed by atoms with Crippen molar-refractivity contribution in [1.29, 1.82) is 0 Å². The molecule has 0 spiro atoms. The van der Waals surface area contributed by atoms with E-state index in [1.807, 2.05) is 12.1 Å². The van der Waals surface area contributed by atoms with Crippen LogP contribution in [0.15, 0.2) is 36.7 Å². The molecule has 3 rings (SSSR count). The Balaban J connectivity index is 0.00000280. The molecule has 0 fully saturated rings. The number of aryl methyl sites for hydroxylation is 1. The molecule has 151 valence electrons. The number of halogens is 1. The van der Waals surface area contributed by atoms with Crippen molar-refractivity contribution in [3.05, 3.63) is 58.9 Å². The summed E-state index contributed by atoms with van der Waals surface area (Å²) in [6, 6.07) is 6.40. The number of likely N-dealkylation sites (N-methyl/N-ethyl adjacent to an activating group) is 1. The van der Waals surface area contributed by atoms with E-state index in [0.29, 0.717) is 22.6 Å². The molecule has 1 amide bonds. The summed E-state index contributed by atoms with van der Waals surface area (Å²) in [5, 5.41) is 18.2. The molecule has 1 radical (unpaired) electrons. The van der Waals surface area contributed by atoms with Crippen LogP contribution in [0.2, 0.25) is 0 Å². The van der Waals surface area contributed by atoms with E-state index in [1.54, 1.807) is 37.7 Å².